The molecule has 100 valence electrons. The second-order valence-electron chi connectivity index (χ2n) is 4.25. The molecule has 1 unspecified atom stereocenters. The molecule has 1 aliphatic heterocycles. The van der Waals surface area contributed by atoms with Crippen LogP contribution in [-0.2, 0) is 10.0 Å². The number of hydrogen-bond donors (Lipinski definition) is 3. The molecule has 0 spiro atoms. The highest BCUT2D eigenvalue weighted by molar-refractivity contribution is 7.88. The van der Waals surface area contributed by atoms with Crippen LogP contribution in [0.3, 0.4) is 0 Å². The zero-order valence-corrected chi connectivity index (χ0v) is 10.8. The molecule has 0 aromatic heterocycles. The van der Waals surface area contributed by atoms with Gasteiger partial charge in [0, 0.05) is 19.1 Å². The SMILES string of the molecule is CS(=O)(=O)NCCC1CCCCN1C(=O)NN. The van der Waals surface area contributed by atoms with Crippen LogP contribution in [0.15, 0.2) is 0 Å². The summed E-state index contributed by atoms with van der Waals surface area (Å²) in [6, 6.07) is -0.240. The number of carbonyl (C=O) groups is 1. The van der Waals surface area contributed by atoms with Crippen LogP contribution in [-0.4, -0.2) is 44.7 Å². The number of nitrogens with zero attached hydrogens (tertiary/aromatic N) is 1. The number of urea groups is 1. The smallest absolute Gasteiger partial charge is 0.321 e. The fourth-order valence-electron chi connectivity index (χ4n) is 2.06. The van der Waals surface area contributed by atoms with Gasteiger partial charge in [0.05, 0.1) is 6.26 Å². The van der Waals surface area contributed by atoms with Gasteiger partial charge in [0.25, 0.3) is 0 Å². The Morgan fingerprint density at radius 3 is 2.76 bits per heavy atom. The first-order chi connectivity index (χ1) is 7.94. The summed E-state index contributed by atoms with van der Waals surface area (Å²) in [5.41, 5.74) is 2.12. The molecule has 1 saturated heterocycles. The fraction of sp³-hybridized carbons (Fsp3) is 0.889. The Balaban J connectivity index is 2.46. The second-order valence-corrected chi connectivity index (χ2v) is 6.08. The summed E-state index contributed by atoms with van der Waals surface area (Å²) < 4.78 is 24.3. The molecule has 1 aliphatic rings. The minimum absolute atomic E-state index is 0.0570. The predicted molar refractivity (Wildman–Crippen MR) is 64.5 cm³/mol. The zero-order chi connectivity index (χ0) is 12.9. The summed E-state index contributed by atoms with van der Waals surface area (Å²) in [7, 11) is -3.16. The first-order valence-corrected chi connectivity index (χ1v) is 7.55. The standard InChI is InChI=1S/C9H20N4O3S/c1-17(15,16)11-6-5-8-4-2-3-7-13(8)9(14)12-10/h8,11H,2-7,10H2,1H3,(H,12,14). The van der Waals surface area contributed by atoms with Crippen molar-refractivity contribution in [3.63, 3.8) is 0 Å². The highest BCUT2D eigenvalue weighted by Gasteiger charge is 2.25. The molecule has 2 amide bonds. The highest BCUT2D eigenvalue weighted by Crippen LogP contribution is 2.19. The van der Waals surface area contributed by atoms with Crippen LogP contribution in [0.5, 0.6) is 0 Å². The lowest BCUT2D eigenvalue weighted by molar-refractivity contribution is 0.147. The minimum atomic E-state index is -3.16. The third-order valence-electron chi connectivity index (χ3n) is 2.85. The number of carbonyl (C=O) groups excluding carboxylic acids is 1. The van der Waals surface area contributed by atoms with Crippen molar-refractivity contribution in [2.45, 2.75) is 31.7 Å². The van der Waals surface area contributed by atoms with Crippen LogP contribution < -0.4 is 16.0 Å². The number of piperidine rings is 1. The molecule has 17 heavy (non-hydrogen) atoms. The van der Waals surface area contributed by atoms with Crippen LogP contribution in [0.25, 0.3) is 0 Å². The molecule has 1 fully saturated rings. The summed E-state index contributed by atoms with van der Waals surface area (Å²) in [4.78, 5) is 13.2. The van der Waals surface area contributed by atoms with E-state index in [0.717, 1.165) is 25.5 Å². The van der Waals surface area contributed by atoms with E-state index < -0.39 is 10.0 Å². The number of hydrazine groups is 1. The summed E-state index contributed by atoms with van der Waals surface area (Å²) in [5.74, 6) is 5.11. The molecule has 0 aliphatic carbocycles. The topological polar surface area (TPSA) is 105 Å². The third-order valence-corrected chi connectivity index (χ3v) is 3.58. The maximum Gasteiger partial charge on any atom is 0.331 e. The Kier molecular flexibility index (Phi) is 5.16. The summed E-state index contributed by atoms with van der Waals surface area (Å²) in [5, 5.41) is 0. The number of hydrogen-bond acceptors (Lipinski definition) is 4. The van der Waals surface area contributed by atoms with Crippen molar-refractivity contribution in [1.82, 2.24) is 15.0 Å². The highest BCUT2D eigenvalue weighted by atomic mass is 32.2. The van der Waals surface area contributed by atoms with Crippen molar-refractivity contribution >= 4 is 16.1 Å². The fourth-order valence-corrected chi connectivity index (χ4v) is 2.55. The summed E-state index contributed by atoms with van der Waals surface area (Å²) in [6.45, 7) is 1.02. The van der Waals surface area contributed by atoms with Gasteiger partial charge in [-0.15, -0.1) is 0 Å². The number of rotatable bonds is 4. The van der Waals surface area contributed by atoms with Crippen LogP contribution in [0.2, 0.25) is 0 Å². The maximum absolute atomic E-state index is 11.5. The van der Waals surface area contributed by atoms with E-state index in [1.54, 1.807) is 4.90 Å². The lowest BCUT2D eigenvalue weighted by Crippen LogP contribution is -2.51. The minimum Gasteiger partial charge on any atom is -0.321 e. The van der Waals surface area contributed by atoms with Gasteiger partial charge in [-0.2, -0.15) is 0 Å². The molecule has 8 heteroatoms. The lowest BCUT2D eigenvalue weighted by atomic mass is 10.00. The summed E-state index contributed by atoms with van der Waals surface area (Å²) in [6.07, 6.45) is 4.64. The first kappa shape index (κ1) is 14.2. The van der Waals surface area contributed by atoms with Gasteiger partial charge in [-0.05, 0) is 25.7 Å². The molecule has 1 rings (SSSR count). The Labute approximate surface area is 102 Å². The van der Waals surface area contributed by atoms with Crippen LogP contribution >= 0.6 is 0 Å². The second kappa shape index (κ2) is 6.18. The molecule has 7 nitrogen and oxygen atoms in total. The van der Waals surface area contributed by atoms with Crippen LogP contribution in [0.4, 0.5) is 4.79 Å². The van der Waals surface area contributed by atoms with Gasteiger partial charge in [-0.3, -0.25) is 5.43 Å². The number of nitrogens with two attached hydrogens (primary N) is 1. The van der Waals surface area contributed by atoms with E-state index in [2.05, 4.69) is 10.1 Å². The molecule has 1 heterocycles. The van der Waals surface area contributed by atoms with Gasteiger partial charge >= 0.3 is 6.03 Å². The molecule has 0 aromatic rings. The van der Waals surface area contributed by atoms with Crippen molar-refractivity contribution in [3.8, 4) is 0 Å². The normalized spacial score (nSPS) is 21.3. The quantitative estimate of drug-likeness (QED) is 0.357. The van der Waals surface area contributed by atoms with Gasteiger partial charge in [-0.1, -0.05) is 0 Å². The number of sulfonamides is 1. The number of likely N-dealkylation sites (tertiary alicyclic amines) is 1. The molecule has 4 N–H and O–H groups in total. The Hall–Kier alpha value is -0.860. The van der Waals surface area contributed by atoms with Gasteiger partial charge in [0.1, 0.15) is 0 Å². The van der Waals surface area contributed by atoms with E-state index in [4.69, 9.17) is 5.84 Å². The van der Waals surface area contributed by atoms with Crippen molar-refractivity contribution < 1.29 is 13.2 Å². The molecule has 0 aromatic carbocycles. The van der Waals surface area contributed by atoms with E-state index in [9.17, 15) is 13.2 Å². The zero-order valence-electron chi connectivity index (χ0n) is 9.98. The molecule has 0 bridgehead atoms. The van der Waals surface area contributed by atoms with Crippen molar-refractivity contribution in [2.24, 2.45) is 5.84 Å². The van der Waals surface area contributed by atoms with Gasteiger partial charge in [-0.25, -0.2) is 23.8 Å². The third kappa shape index (κ3) is 4.88. The van der Waals surface area contributed by atoms with E-state index >= 15 is 0 Å². The maximum atomic E-state index is 11.5. The van der Waals surface area contributed by atoms with Crippen LogP contribution in [0, 0.1) is 0 Å². The Morgan fingerprint density at radius 1 is 1.47 bits per heavy atom. The van der Waals surface area contributed by atoms with Gasteiger partial charge < -0.3 is 4.90 Å². The molecular formula is C9H20N4O3S. The molecule has 0 saturated carbocycles. The van der Waals surface area contributed by atoms with Gasteiger partial charge in [0.2, 0.25) is 10.0 Å². The largest absolute Gasteiger partial charge is 0.331 e. The van der Waals surface area contributed by atoms with Crippen molar-refractivity contribution in [1.29, 1.82) is 0 Å². The average Bonchev–Trinajstić information content (AvgIpc) is 2.27. The Morgan fingerprint density at radius 2 is 2.18 bits per heavy atom. The van der Waals surface area contributed by atoms with Crippen molar-refractivity contribution in [3.05, 3.63) is 0 Å². The van der Waals surface area contributed by atoms with Crippen LogP contribution in [0.1, 0.15) is 25.7 Å². The predicted octanol–water partition coefficient (Wildman–Crippen LogP) is -0.636. The summed E-state index contributed by atoms with van der Waals surface area (Å²) >= 11 is 0. The van der Waals surface area contributed by atoms with E-state index in [0.29, 0.717) is 19.5 Å². The van der Waals surface area contributed by atoms with E-state index in [1.807, 2.05) is 0 Å². The van der Waals surface area contributed by atoms with Gasteiger partial charge in [0.15, 0.2) is 0 Å². The van der Waals surface area contributed by atoms with E-state index in [-0.39, 0.29) is 12.1 Å². The molecule has 0 radical (unpaired) electrons. The van der Waals surface area contributed by atoms with Crippen molar-refractivity contribution in [2.75, 3.05) is 19.3 Å². The monoisotopic (exact) mass is 264 g/mol. The number of nitrogens with one attached hydrogen (secondary N) is 2. The Bertz CT molecular complexity index is 357. The average molecular weight is 264 g/mol. The number of amides is 2. The molecule has 1 atom stereocenters. The lowest BCUT2D eigenvalue weighted by Gasteiger charge is -2.35. The van der Waals surface area contributed by atoms with E-state index in [1.165, 1.54) is 0 Å². The molecular weight excluding hydrogens is 244 g/mol. The first-order valence-electron chi connectivity index (χ1n) is 5.66.